The van der Waals surface area contributed by atoms with Crippen molar-refractivity contribution in [3.05, 3.63) is 22.8 Å². The van der Waals surface area contributed by atoms with Crippen LogP contribution in [0, 0.1) is 0 Å². The monoisotopic (exact) mass is 258 g/mol. The quantitative estimate of drug-likeness (QED) is 0.860. The number of nitrogens with zero attached hydrogens (tertiary/aromatic N) is 2. The van der Waals surface area contributed by atoms with Gasteiger partial charge in [-0.2, -0.15) is 0 Å². The number of pyridine rings is 1. The number of halogens is 1. The predicted octanol–water partition coefficient (Wildman–Crippen LogP) is 0.999. The topological polar surface area (TPSA) is 45.6 Å². The summed E-state index contributed by atoms with van der Waals surface area (Å²) in [5, 5.41) is 8.90. The van der Waals surface area contributed by atoms with Crippen LogP contribution in [-0.4, -0.2) is 36.1 Å². The van der Waals surface area contributed by atoms with E-state index in [1.807, 2.05) is 17.0 Å². The minimum absolute atomic E-state index is 0.0600. The molecule has 0 unspecified atom stereocenters. The van der Waals surface area contributed by atoms with Crippen molar-refractivity contribution in [3.63, 3.8) is 0 Å². The van der Waals surface area contributed by atoms with Crippen LogP contribution in [0.15, 0.2) is 22.8 Å². The summed E-state index contributed by atoms with van der Waals surface area (Å²) in [6, 6.07) is 3.81. The second-order valence-corrected chi connectivity index (χ2v) is 4.07. The van der Waals surface area contributed by atoms with E-state index in [4.69, 9.17) is 9.84 Å². The number of hydrogen-bond acceptors (Lipinski definition) is 4. The molecule has 14 heavy (non-hydrogen) atoms. The minimum Gasteiger partial charge on any atom is -0.394 e. The Morgan fingerprint density at radius 1 is 1.71 bits per heavy atom. The van der Waals surface area contributed by atoms with Gasteiger partial charge in [-0.1, -0.05) is 15.9 Å². The third-order valence-corrected chi connectivity index (χ3v) is 2.62. The lowest BCUT2D eigenvalue weighted by molar-refractivity contribution is 0.0645. The summed E-state index contributed by atoms with van der Waals surface area (Å²) in [5.41, 5.74) is 0. The Bertz CT molecular complexity index is 321. The molecule has 2 rings (SSSR count). The highest BCUT2D eigenvalue weighted by molar-refractivity contribution is 9.10. The highest BCUT2D eigenvalue weighted by atomic mass is 79.9. The van der Waals surface area contributed by atoms with Gasteiger partial charge >= 0.3 is 0 Å². The molecule has 0 radical (unpaired) electrons. The summed E-state index contributed by atoms with van der Waals surface area (Å²) in [6.45, 7) is 1.25. The summed E-state index contributed by atoms with van der Waals surface area (Å²) < 4.78 is 6.32. The first kappa shape index (κ1) is 9.89. The Hall–Kier alpha value is -0.650. The zero-order chi connectivity index (χ0) is 9.97. The van der Waals surface area contributed by atoms with Crippen LogP contribution in [-0.2, 0) is 4.74 Å². The number of aromatic nitrogens is 1. The van der Waals surface area contributed by atoms with Crippen molar-refractivity contribution in [1.29, 1.82) is 0 Å². The van der Waals surface area contributed by atoms with Crippen LogP contribution in [0.1, 0.15) is 0 Å². The fourth-order valence-electron chi connectivity index (χ4n) is 1.38. The second kappa shape index (κ2) is 4.25. The fraction of sp³-hybridized carbons (Fsp3) is 0.444. The first-order valence-electron chi connectivity index (χ1n) is 4.38. The van der Waals surface area contributed by atoms with Crippen molar-refractivity contribution in [1.82, 2.24) is 4.98 Å². The molecule has 1 fully saturated rings. The average molecular weight is 259 g/mol. The first-order valence-corrected chi connectivity index (χ1v) is 5.18. The normalized spacial score (nSPS) is 21.6. The van der Waals surface area contributed by atoms with Crippen LogP contribution in [0.3, 0.4) is 0 Å². The molecule has 0 aliphatic carbocycles. The number of aliphatic hydroxyl groups excluding tert-OH is 1. The van der Waals surface area contributed by atoms with Gasteiger partial charge in [0.2, 0.25) is 0 Å². The molecule has 0 spiro atoms. The molecule has 0 bridgehead atoms. The van der Waals surface area contributed by atoms with Crippen LogP contribution in [0.2, 0.25) is 0 Å². The largest absolute Gasteiger partial charge is 0.394 e. The number of anilines is 1. The van der Waals surface area contributed by atoms with E-state index >= 15 is 0 Å². The Labute approximate surface area is 90.6 Å². The van der Waals surface area contributed by atoms with Gasteiger partial charge in [0.15, 0.2) is 0 Å². The molecule has 1 N–H and O–H groups in total. The van der Waals surface area contributed by atoms with Crippen molar-refractivity contribution in [2.75, 3.05) is 24.8 Å². The van der Waals surface area contributed by atoms with Gasteiger partial charge in [-0.05, 0) is 12.1 Å². The first-order chi connectivity index (χ1) is 6.79. The van der Waals surface area contributed by atoms with Crippen LogP contribution >= 0.6 is 15.9 Å². The molecule has 0 amide bonds. The van der Waals surface area contributed by atoms with E-state index in [2.05, 4.69) is 20.9 Å². The van der Waals surface area contributed by atoms with Gasteiger partial charge < -0.3 is 14.7 Å². The van der Waals surface area contributed by atoms with E-state index in [0.717, 1.165) is 10.3 Å². The van der Waals surface area contributed by atoms with Gasteiger partial charge in [0.25, 0.3) is 0 Å². The van der Waals surface area contributed by atoms with Gasteiger partial charge in [0.1, 0.15) is 18.7 Å². The van der Waals surface area contributed by atoms with Crippen molar-refractivity contribution in [2.45, 2.75) is 6.10 Å². The van der Waals surface area contributed by atoms with Crippen LogP contribution in [0.5, 0.6) is 0 Å². The molecule has 2 heterocycles. The van der Waals surface area contributed by atoms with Crippen LogP contribution in [0.25, 0.3) is 0 Å². The zero-order valence-electron chi connectivity index (χ0n) is 7.56. The maximum Gasteiger partial charge on any atom is 0.131 e. The third kappa shape index (κ3) is 2.05. The predicted molar refractivity (Wildman–Crippen MR) is 56.1 cm³/mol. The summed E-state index contributed by atoms with van der Waals surface area (Å²) in [5.74, 6) is 0.871. The van der Waals surface area contributed by atoms with Gasteiger partial charge in [-0.3, -0.25) is 0 Å². The molecule has 1 aromatic heterocycles. The molecule has 1 saturated heterocycles. The fourth-order valence-corrected chi connectivity index (χ4v) is 1.71. The van der Waals surface area contributed by atoms with E-state index in [0.29, 0.717) is 13.3 Å². The highest BCUT2D eigenvalue weighted by Gasteiger charge is 2.23. The molecule has 1 aliphatic heterocycles. The number of aliphatic hydroxyl groups is 1. The molecular weight excluding hydrogens is 248 g/mol. The second-order valence-electron chi connectivity index (χ2n) is 3.16. The number of rotatable bonds is 2. The average Bonchev–Trinajstić information content (AvgIpc) is 2.66. The SMILES string of the molecule is OC[C@H]1CN(c2cc(Br)ccn2)CO1. The van der Waals surface area contributed by atoms with E-state index in [1.165, 1.54) is 0 Å². The van der Waals surface area contributed by atoms with Gasteiger partial charge in [-0.15, -0.1) is 0 Å². The van der Waals surface area contributed by atoms with Gasteiger partial charge in [0, 0.05) is 10.7 Å². The molecule has 0 saturated carbocycles. The lowest BCUT2D eigenvalue weighted by Gasteiger charge is -2.14. The Morgan fingerprint density at radius 3 is 3.21 bits per heavy atom. The van der Waals surface area contributed by atoms with E-state index in [9.17, 15) is 0 Å². The van der Waals surface area contributed by atoms with Crippen molar-refractivity contribution in [3.8, 4) is 0 Å². The summed E-state index contributed by atoms with van der Waals surface area (Å²) in [6.07, 6.45) is 1.65. The molecular formula is C9H11BrN2O2. The summed E-state index contributed by atoms with van der Waals surface area (Å²) >= 11 is 3.38. The lowest BCUT2D eigenvalue weighted by atomic mass is 10.3. The van der Waals surface area contributed by atoms with Gasteiger partial charge in [-0.25, -0.2) is 4.98 Å². The molecule has 1 aromatic rings. The standard InChI is InChI=1S/C9H11BrN2O2/c10-7-1-2-11-9(3-7)12-4-8(5-13)14-6-12/h1-3,8,13H,4-6H2/t8-/m1/s1. The van der Waals surface area contributed by atoms with Crippen LogP contribution in [0.4, 0.5) is 5.82 Å². The van der Waals surface area contributed by atoms with Gasteiger partial charge in [0.05, 0.1) is 13.2 Å². The van der Waals surface area contributed by atoms with E-state index < -0.39 is 0 Å². The third-order valence-electron chi connectivity index (χ3n) is 2.13. The molecule has 0 aromatic carbocycles. The Kier molecular flexibility index (Phi) is 3.00. The Morgan fingerprint density at radius 2 is 2.57 bits per heavy atom. The maximum absolute atomic E-state index is 8.90. The molecule has 1 aliphatic rings. The number of ether oxygens (including phenoxy) is 1. The van der Waals surface area contributed by atoms with Crippen molar-refractivity contribution in [2.24, 2.45) is 0 Å². The van der Waals surface area contributed by atoms with E-state index in [1.54, 1.807) is 6.20 Å². The molecule has 5 heteroatoms. The zero-order valence-corrected chi connectivity index (χ0v) is 9.14. The maximum atomic E-state index is 8.90. The Balaban J connectivity index is 2.09. The van der Waals surface area contributed by atoms with Crippen LogP contribution < -0.4 is 4.90 Å². The lowest BCUT2D eigenvalue weighted by Crippen LogP contribution is -2.23. The van der Waals surface area contributed by atoms with Crippen molar-refractivity contribution >= 4 is 21.7 Å². The summed E-state index contributed by atoms with van der Waals surface area (Å²) in [7, 11) is 0. The molecule has 4 nitrogen and oxygen atoms in total. The minimum atomic E-state index is -0.0872. The smallest absolute Gasteiger partial charge is 0.131 e. The highest BCUT2D eigenvalue weighted by Crippen LogP contribution is 2.20. The molecule has 1 atom stereocenters. The number of hydrogen-bond donors (Lipinski definition) is 1. The van der Waals surface area contributed by atoms with E-state index in [-0.39, 0.29) is 12.7 Å². The van der Waals surface area contributed by atoms with Crippen molar-refractivity contribution < 1.29 is 9.84 Å². The summed E-state index contributed by atoms with van der Waals surface area (Å²) in [4.78, 5) is 6.22. The molecule has 76 valence electrons.